The number of H-pyrrole nitrogens is 1. The molecule has 1 aromatic heterocycles. The summed E-state index contributed by atoms with van der Waals surface area (Å²) in [5.74, 6) is 1.90. The van der Waals surface area contributed by atoms with Gasteiger partial charge in [0.25, 0.3) is 5.91 Å². The highest BCUT2D eigenvalue weighted by Crippen LogP contribution is 2.20. The number of nitrogens with one attached hydrogen (secondary N) is 3. The van der Waals surface area contributed by atoms with Crippen LogP contribution in [0.4, 0.5) is 5.69 Å². The molecule has 0 unspecified atom stereocenters. The number of hydrogen-bond acceptors (Lipinski definition) is 2. The average molecular weight is 345 g/mol. The molecule has 0 saturated carbocycles. The maximum atomic E-state index is 12.3. The first-order chi connectivity index (χ1) is 12.7. The minimum Gasteiger partial charge on any atom is -0.361 e. The van der Waals surface area contributed by atoms with Gasteiger partial charge >= 0.3 is 0 Å². The van der Waals surface area contributed by atoms with E-state index in [1.807, 2.05) is 30.5 Å². The van der Waals surface area contributed by atoms with Gasteiger partial charge in [-0.3, -0.25) is 9.59 Å². The van der Waals surface area contributed by atoms with Crippen molar-refractivity contribution in [1.82, 2.24) is 10.3 Å². The third kappa shape index (κ3) is 3.93. The van der Waals surface area contributed by atoms with Gasteiger partial charge in [-0.25, -0.2) is 0 Å². The van der Waals surface area contributed by atoms with Crippen molar-refractivity contribution in [3.8, 4) is 12.3 Å². The third-order valence-corrected chi connectivity index (χ3v) is 4.09. The first-order valence-corrected chi connectivity index (χ1v) is 8.34. The van der Waals surface area contributed by atoms with Crippen LogP contribution in [0.25, 0.3) is 10.9 Å². The Labute approximate surface area is 151 Å². The topological polar surface area (TPSA) is 74.0 Å². The monoisotopic (exact) mass is 345 g/mol. The molecule has 130 valence electrons. The van der Waals surface area contributed by atoms with Gasteiger partial charge in [0.1, 0.15) is 0 Å². The summed E-state index contributed by atoms with van der Waals surface area (Å²) in [7, 11) is 0. The number of aryl methyl sites for hydroxylation is 1. The lowest BCUT2D eigenvalue weighted by atomic mass is 10.1. The fraction of sp³-hybridized carbons (Fsp3) is 0.143. The Morgan fingerprint density at radius 3 is 2.69 bits per heavy atom. The maximum absolute atomic E-state index is 12.3. The predicted molar refractivity (Wildman–Crippen MR) is 103 cm³/mol. The van der Waals surface area contributed by atoms with Crippen LogP contribution in [-0.2, 0) is 11.2 Å². The number of rotatable bonds is 6. The van der Waals surface area contributed by atoms with E-state index in [0.717, 1.165) is 16.5 Å². The summed E-state index contributed by atoms with van der Waals surface area (Å²) in [5.41, 5.74) is 3.02. The van der Waals surface area contributed by atoms with Crippen LogP contribution in [-0.4, -0.2) is 23.3 Å². The van der Waals surface area contributed by atoms with Crippen LogP contribution in [0.2, 0.25) is 0 Å². The van der Waals surface area contributed by atoms with E-state index in [0.29, 0.717) is 24.1 Å². The minimum absolute atomic E-state index is 0.141. The molecule has 2 amide bonds. The number of aromatic amines is 1. The molecule has 5 nitrogen and oxygen atoms in total. The van der Waals surface area contributed by atoms with E-state index < -0.39 is 0 Å². The molecule has 0 aliphatic heterocycles. The SMILES string of the molecule is C#CCNC(=O)c1ccccc1NC(=O)CCc1c[nH]c2ccccc12. The maximum Gasteiger partial charge on any atom is 0.254 e. The van der Waals surface area contributed by atoms with E-state index in [-0.39, 0.29) is 18.4 Å². The molecule has 2 aromatic carbocycles. The van der Waals surface area contributed by atoms with Gasteiger partial charge < -0.3 is 15.6 Å². The molecule has 0 saturated heterocycles. The highest BCUT2D eigenvalue weighted by atomic mass is 16.2. The molecule has 0 atom stereocenters. The number of carbonyl (C=O) groups is 2. The zero-order valence-corrected chi connectivity index (χ0v) is 14.2. The third-order valence-electron chi connectivity index (χ3n) is 4.09. The summed E-state index contributed by atoms with van der Waals surface area (Å²) in [6, 6.07) is 14.9. The van der Waals surface area contributed by atoms with Gasteiger partial charge in [0.2, 0.25) is 5.91 Å². The summed E-state index contributed by atoms with van der Waals surface area (Å²) in [4.78, 5) is 27.7. The zero-order chi connectivity index (χ0) is 18.4. The normalized spacial score (nSPS) is 10.3. The van der Waals surface area contributed by atoms with Crippen molar-refractivity contribution in [2.75, 3.05) is 11.9 Å². The molecule has 0 aliphatic rings. The summed E-state index contributed by atoms with van der Waals surface area (Å²) >= 11 is 0. The van der Waals surface area contributed by atoms with Crippen molar-refractivity contribution in [2.24, 2.45) is 0 Å². The van der Waals surface area contributed by atoms with Gasteiger partial charge in [0, 0.05) is 23.5 Å². The van der Waals surface area contributed by atoms with Crippen molar-refractivity contribution in [1.29, 1.82) is 0 Å². The van der Waals surface area contributed by atoms with E-state index in [2.05, 4.69) is 21.5 Å². The molecule has 0 radical (unpaired) electrons. The lowest BCUT2D eigenvalue weighted by molar-refractivity contribution is -0.116. The van der Waals surface area contributed by atoms with Gasteiger partial charge in [-0.2, -0.15) is 0 Å². The number of benzene rings is 2. The summed E-state index contributed by atoms with van der Waals surface area (Å²) < 4.78 is 0. The van der Waals surface area contributed by atoms with E-state index >= 15 is 0 Å². The van der Waals surface area contributed by atoms with E-state index in [4.69, 9.17) is 6.42 Å². The van der Waals surface area contributed by atoms with Gasteiger partial charge in [-0.1, -0.05) is 36.3 Å². The van der Waals surface area contributed by atoms with Crippen molar-refractivity contribution in [3.05, 3.63) is 65.9 Å². The molecule has 0 aliphatic carbocycles. The van der Waals surface area contributed by atoms with E-state index in [9.17, 15) is 9.59 Å². The fourth-order valence-electron chi connectivity index (χ4n) is 2.82. The summed E-state index contributed by atoms with van der Waals surface area (Å²) in [6.45, 7) is 0.141. The second-order valence-electron chi connectivity index (χ2n) is 5.84. The number of carbonyl (C=O) groups excluding carboxylic acids is 2. The Morgan fingerprint density at radius 2 is 1.85 bits per heavy atom. The Bertz CT molecular complexity index is 982. The van der Waals surface area contributed by atoms with Gasteiger partial charge in [-0.15, -0.1) is 6.42 Å². The summed E-state index contributed by atoms with van der Waals surface area (Å²) in [5, 5.41) is 6.54. The van der Waals surface area contributed by atoms with Crippen LogP contribution >= 0.6 is 0 Å². The van der Waals surface area contributed by atoms with E-state index in [1.54, 1.807) is 24.3 Å². The molecular formula is C21H19N3O2. The molecule has 3 aromatic rings. The minimum atomic E-state index is -0.310. The van der Waals surface area contributed by atoms with Crippen LogP contribution < -0.4 is 10.6 Å². The van der Waals surface area contributed by atoms with Crippen molar-refractivity contribution < 1.29 is 9.59 Å². The number of hydrogen-bond donors (Lipinski definition) is 3. The van der Waals surface area contributed by atoms with Crippen LogP contribution in [0.1, 0.15) is 22.3 Å². The molecule has 3 rings (SSSR count). The van der Waals surface area contributed by atoms with Crippen molar-refractivity contribution in [2.45, 2.75) is 12.8 Å². The number of fused-ring (bicyclic) bond motifs is 1. The molecule has 5 heteroatoms. The second-order valence-corrected chi connectivity index (χ2v) is 5.84. The second kappa shape index (κ2) is 8.04. The number of terminal acetylenes is 1. The predicted octanol–water partition coefficient (Wildman–Crippen LogP) is 3.10. The largest absolute Gasteiger partial charge is 0.361 e. The highest BCUT2D eigenvalue weighted by Gasteiger charge is 2.13. The van der Waals surface area contributed by atoms with Crippen molar-refractivity contribution in [3.63, 3.8) is 0 Å². The Kier molecular flexibility index (Phi) is 5.35. The highest BCUT2D eigenvalue weighted by molar-refractivity contribution is 6.03. The molecular weight excluding hydrogens is 326 g/mol. The summed E-state index contributed by atoms with van der Waals surface area (Å²) in [6.07, 6.45) is 8.03. The van der Waals surface area contributed by atoms with E-state index in [1.165, 1.54) is 0 Å². The Morgan fingerprint density at radius 1 is 1.08 bits per heavy atom. The quantitative estimate of drug-likeness (QED) is 0.601. The number of anilines is 1. The average Bonchev–Trinajstić information content (AvgIpc) is 3.08. The molecule has 0 spiro atoms. The molecule has 1 heterocycles. The standard InChI is InChI=1S/C21H19N3O2/c1-2-13-22-21(26)17-8-4-6-10-19(17)24-20(25)12-11-15-14-23-18-9-5-3-7-16(15)18/h1,3-10,14,23H,11-13H2,(H,22,26)(H,24,25). The lowest BCUT2D eigenvalue weighted by Gasteiger charge is -2.10. The lowest BCUT2D eigenvalue weighted by Crippen LogP contribution is -2.25. The van der Waals surface area contributed by atoms with Crippen LogP contribution in [0, 0.1) is 12.3 Å². The first kappa shape index (κ1) is 17.3. The number of para-hydroxylation sites is 2. The van der Waals surface area contributed by atoms with Crippen molar-refractivity contribution >= 4 is 28.4 Å². The fourth-order valence-corrected chi connectivity index (χ4v) is 2.82. The molecule has 3 N–H and O–H groups in total. The van der Waals surface area contributed by atoms with Crippen LogP contribution in [0.3, 0.4) is 0 Å². The molecule has 0 fully saturated rings. The van der Waals surface area contributed by atoms with Gasteiger partial charge in [0.15, 0.2) is 0 Å². The Balaban J connectivity index is 1.65. The number of amides is 2. The molecule has 26 heavy (non-hydrogen) atoms. The Hall–Kier alpha value is -3.52. The van der Waals surface area contributed by atoms with Crippen LogP contribution in [0.15, 0.2) is 54.7 Å². The molecule has 0 bridgehead atoms. The smallest absolute Gasteiger partial charge is 0.254 e. The first-order valence-electron chi connectivity index (χ1n) is 8.34. The van der Waals surface area contributed by atoms with Gasteiger partial charge in [0.05, 0.1) is 17.8 Å². The zero-order valence-electron chi connectivity index (χ0n) is 14.2. The van der Waals surface area contributed by atoms with Gasteiger partial charge in [-0.05, 0) is 30.2 Å². The number of aromatic nitrogens is 1. The van der Waals surface area contributed by atoms with Crippen LogP contribution in [0.5, 0.6) is 0 Å².